The molecule has 1 aromatic heterocycles. The molecule has 2 rings (SSSR count). The van der Waals surface area contributed by atoms with Crippen molar-refractivity contribution < 1.29 is 4.92 Å². The monoisotopic (exact) mass is 178 g/mol. The number of nitrogen functional groups attached to an aromatic ring is 1. The van der Waals surface area contributed by atoms with Gasteiger partial charge in [-0.3, -0.25) is 15.2 Å². The molecule has 0 radical (unpaired) electrons. The number of benzene rings is 1. The third-order valence-corrected chi connectivity index (χ3v) is 1.76. The van der Waals surface area contributed by atoms with E-state index in [1.165, 1.54) is 12.3 Å². The molecule has 0 fully saturated rings. The van der Waals surface area contributed by atoms with Crippen molar-refractivity contribution in [3.63, 3.8) is 0 Å². The molecular formula is C7H6N4O2. The predicted octanol–water partition coefficient (Wildman–Crippen LogP) is 1.05. The van der Waals surface area contributed by atoms with Crippen LogP contribution in [-0.4, -0.2) is 15.1 Å². The molecule has 66 valence electrons. The molecule has 0 bridgehead atoms. The first-order chi connectivity index (χ1) is 6.18. The Balaban J connectivity index is 2.84. The Labute approximate surface area is 72.5 Å². The molecule has 0 aliphatic rings. The molecule has 0 atom stereocenters. The van der Waals surface area contributed by atoms with E-state index in [2.05, 4.69) is 10.2 Å². The van der Waals surface area contributed by atoms with Crippen LogP contribution in [-0.2, 0) is 0 Å². The molecule has 0 aliphatic heterocycles. The van der Waals surface area contributed by atoms with Crippen LogP contribution in [0, 0.1) is 10.1 Å². The number of aromatic nitrogens is 2. The minimum atomic E-state index is -0.478. The second kappa shape index (κ2) is 2.44. The van der Waals surface area contributed by atoms with E-state index in [9.17, 15) is 10.1 Å². The number of aromatic amines is 1. The molecule has 0 spiro atoms. The van der Waals surface area contributed by atoms with Gasteiger partial charge in [0.25, 0.3) is 5.69 Å². The van der Waals surface area contributed by atoms with E-state index in [0.717, 1.165) is 0 Å². The van der Waals surface area contributed by atoms with Crippen LogP contribution >= 0.6 is 0 Å². The smallest absolute Gasteiger partial charge is 0.282 e. The number of nitrogens with two attached hydrogens (primary N) is 1. The van der Waals surface area contributed by atoms with Gasteiger partial charge in [0.2, 0.25) is 0 Å². The van der Waals surface area contributed by atoms with E-state index in [4.69, 9.17) is 5.73 Å². The molecule has 3 N–H and O–H groups in total. The first-order valence-electron chi connectivity index (χ1n) is 3.55. The van der Waals surface area contributed by atoms with E-state index in [-0.39, 0.29) is 5.69 Å². The number of hydrogen-bond donors (Lipinski definition) is 2. The maximum Gasteiger partial charge on any atom is 0.282 e. The van der Waals surface area contributed by atoms with Crippen molar-refractivity contribution in [2.24, 2.45) is 0 Å². The van der Waals surface area contributed by atoms with Crippen molar-refractivity contribution in [1.29, 1.82) is 0 Å². The number of nitro groups is 1. The van der Waals surface area contributed by atoms with Crippen LogP contribution in [0.2, 0.25) is 0 Å². The minimum absolute atomic E-state index is 0.0243. The van der Waals surface area contributed by atoms with Gasteiger partial charge in [-0.25, -0.2) is 0 Å². The quantitative estimate of drug-likeness (QED) is 0.387. The normalized spacial score (nSPS) is 10.5. The van der Waals surface area contributed by atoms with Crippen LogP contribution in [0.3, 0.4) is 0 Å². The van der Waals surface area contributed by atoms with E-state index in [1.807, 2.05) is 0 Å². The molecule has 13 heavy (non-hydrogen) atoms. The number of fused-ring (bicyclic) bond motifs is 1. The molecule has 2 aromatic rings. The summed E-state index contributed by atoms with van der Waals surface area (Å²) in [4.78, 5) is 10.1. The lowest BCUT2D eigenvalue weighted by molar-refractivity contribution is -0.383. The summed E-state index contributed by atoms with van der Waals surface area (Å²) in [6, 6.07) is 2.92. The topological polar surface area (TPSA) is 97.8 Å². The van der Waals surface area contributed by atoms with Crippen LogP contribution in [0.5, 0.6) is 0 Å². The van der Waals surface area contributed by atoms with Crippen molar-refractivity contribution >= 4 is 22.3 Å². The van der Waals surface area contributed by atoms with Gasteiger partial charge in [0.05, 0.1) is 22.0 Å². The van der Waals surface area contributed by atoms with E-state index >= 15 is 0 Å². The summed E-state index contributed by atoms with van der Waals surface area (Å²) in [6.07, 6.45) is 1.41. The zero-order valence-corrected chi connectivity index (χ0v) is 6.52. The summed E-state index contributed by atoms with van der Waals surface area (Å²) < 4.78 is 0. The number of nitro benzene ring substituents is 1. The van der Waals surface area contributed by atoms with E-state index < -0.39 is 4.92 Å². The average molecular weight is 178 g/mol. The van der Waals surface area contributed by atoms with Crippen molar-refractivity contribution in [3.8, 4) is 0 Å². The second-order valence-electron chi connectivity index (χ2n) is 2.63. The highest BCUT2D eigenvalue weighted by Gasteiger charge is 2.13. The number of H-pyrrole nitrogens is 1. The van der Waals surface area contributed by atoms with Crippen molar-refractivity contribution in [2.75, 3.05) is 5.73 Å². The van der Waals surface area contributed by atoms with Crippen molar-refractivity contribution in [2.45, 2.75) is 0 Å². The number of hydrogen-bond acceptors (Lipinski definition) is 4. The summed E-state index contributed by atoms with van der Waals surface area (Å²) >= 11 is 0. The molecule has 1 heterocycles. The fraction of sp³-hybridized carbons (Fsp3) is 0. The molecule has 6 nitrogen and oxygen atoms in total. The van der Waals surface area contributed by atoms with E-state index in [1.54, 1.807) is 6.07 Å². The Morgan fingerprint density at radius 2 is 2.31 bits per heavy atom. The molecular weight excluding hydrogens is 172 g/mol. The number of rotatable bonds is 1. The van der Waals surface area contributed by atoms with Gasteiger partial charge in [0, 0.05) is 11.8 Å². The SMILES string of the molecule is Nc1cc([N+](=O)[O-])c2cn[nH]c2c1. The van der Waals surface area contributed by atoms with Crippen molar-refractivity contribution in [3.05, 3.63) is 28.4 Å². The summed E-state index contributed by atoms with van der Waals surface area (Å²) in [7, 11) is 0. The number of nitrogens with one attached hydrogen (secondary N) is 1. The summed E-state index contributed by atoms with van der Waals surface area (Å²) in [5.74, 6) is 0. The second-order valence-corrected chi connectivity index (χ2v) is 2.63. The lowest BCUT2D eigenvalue weighted by Crippen LogP contribution is -1.91. The van der Waals surface area contributed by atoms with Gasteiger partial charge >= 0.3 is 0 Å². The minimum Gasteiger partial charge on any atom is -0.398 e. The number of nitrogens with zero attached hydrogens (tertiary/aromatic N) is 2. The maximum atomic E-state index is 10.6. The fourth-order valence-corrected chi connectivity index (χ4v) is 1.21. The van der Waals surface area contributed by atoms with Crippen LogP contribution in [0.25, 0.3) is 10.9 Å². The molecule has 0 saturated heterocycles. The van der Waals surface area contributed by atoms with E-state index in [0.29, 0.717) is 16.6 Å². The molecule has 0 amide bonds. The highest BCUT2D eigenvalue weighted by atomic mass is 16.6. The van der Waals surface area contributed by atoms with Gasteiger partial charge in [-0.2, -0.15) is 5.10 Å². The lowest BCUT2D eigenvalue weighted by atomic mass is 10.2. The Morgan fingerprint density at radius 1 is 1.54 bits per heavy atom. The Morgan fingerprint density at radius 3 is 3.00 bits per heavy atom. The lowest BCUT2D eigenvalue weighted by Gasteiger charge is -1.95. The third kappa shape index (κ3) is 1.08. The van der Waals surface area contributed by atoms with Crippen molar-refractivity contribution in [1.82, 2.24) is 10.2 Å². The summed E-state index contributed by atoms with van der Waals surface area (Å²) in [5.41, 5.74) is 6.37. The fourth-order valence-electron chi connectivity index (χ4n) is 1.21. The molecule has 0 aliphatic carbocycles. The van der Waals surface area contributed by atoms with Gasteiger partial charge in [-0.1, -0.05) is 0 Å². The molecule has 0 unspecified atom stereocenters. The summed E-state index contributed by atoms with van der Waals surface area (Å²) in [6.45, 7) is 0. The molecule has 6 heteroatoms. The summed E-state index contributed by atoms with van der Waals surface area (Å²) in [5, 5.41) is 17.4. The zero-order valence-electron chi connectivity index (χ0n) is 6.52. The largest absolute Gasteiger partial charge is 0.398 e. The number of non-ortho nitro benzene ring substituents is 1. The molecule has 0 saturated carbocycles. The van der Waals surface area contributed by atoms with Gasteiger partial charge in [0.15, 0.2) is 0 Å². The third-order valence-electron chi connectivity index (χ3n) is 1.76. The highest BCUT2D eigenvalue weighted by molar-refractivity contribution is 5.90. The van der Waals surface area contributed by atoms with Crippen LogP contribution < -0.4 is 5.73 Å². The predicted molar refractivity (Wildman–Crippen MR) is 47.2 cm³/mol. The van der Waals surface area contributed by atoms with Gasteiger partial charge in [-0.15, -0.1) is 0 Å². The molecule has 1 aromatic carbocycles. The Hall–Kier alpha value is -2.11. The first-order valence-corrected chi connectivity index (χ1v) is 3.55. The zero-order chi connectivity index (χ0) is 9.42. The Bertz CT molecular complexity index is 476. The van der Waals surface area contributed by atoms with Gasteiger partial charge < -0.3 is 5.73 Å². The van der Waals surface area contributed by atoms with Crippen LogP contribution in [0.4, 0.5) is 11.4 Å². The first kappa shape index (κ1) is 7.53. The standard InChI is InChI=1S/C7H6N4O2/c8-4-1-6-5(3-9-10-6)7(2-4)11(12)13/h1-3H,8H2,(H,9,10). The Kier molecular flexibility index (Phi) is 1.42. The van der Waals surface area contributed by atoms with Crippen LogP contribution in [0.1, 0.15) is 0 Å². The van der Waals surface area contributed by atoms with Gasteiger partial charge in [-0.05, 0) is 6.07 Å². The van der Waals surface area contributed by atoms with Crippen LogP contribution in [0.15, 0.2) is 18.3 Å². The number of anilines is 1. The van der Waals surface area contributed by atoms with Gasteiger partial charge in [0.1, 0.15) is 0 Å². The highest BCUT2D eigenvalue weighted by Crippen LogP contribution is 2.26. The average Bonchev–Trinajstić information content (AvgIpc) is 2.49. The maximum absolute atomic E-state index is 10.6.